The Morgan fingerprint density at radius 3 is 2.71 bits per heavy atom. The van der Waals surface area contributed by atoms with Crippen LogP contribution in [-0.2, 0) is 13.2 Å². The molecule has 2 aromatic rings. The van der Waals surface area contributed by atoms with Crippen LogP contribution >= 0.6 is 24.0 Å². The van der Waals surface area contributed by atoms with Gasteiger partial charge in [-0.15, -0.1) is 19.0 Å². The Hall–Kier alpha value is -1.48. The van der Waals surface area contributed by atoms with E-state index < -0.39 is 0 Å². The number of benzene rings is 2. The van der Waals surface area contributed by atoms with E-state index in [1.807, 2.05) is 48.5 Å². The van der Waals surface area contributed by atoms with Gasteiger partial charge in [-0.05, 0) is 23.8 Å². The second-order valence-electron chi connectivity index (χ2n) is 4.45. The molecule has 0 saturated heterocycles. The molecule has 0 unspecified atom stereocenters. The predicted molar refractivity (Wildman–Crippen MR) is 91.4 cm³/mol. The normalized spacial score (nSPS) is 9.76. The van der Waals surface area contributed by atoms with E-state index in [1.54, 1.807) is 0 Å². The lowest BCUT2D eigenvalue weighted by atomic mass is 10.2. The number of ether oxygens (including phenoxy) is 1. The first-order chi connectivity index (χ1) is 9.79. The van der Waals surface area contributed by atoms with Gasteiger partial charge in [-0.2, -0.15) is 0 Å². The van der Waals surface area contributed by atoms with Crippen molar-refractivity contribution in [1.29, 1.82) is 0 Å². The lowest BCUT2D eigenvalue weighted by molar-refractivity contribution is 0.306. The van der Waals surface area contributed by atoms with E-state index in [1.165, 1.54) is 5.56 Å². The van der Waals surface area contributed by atoms with Crippen LogP contribution in [-0.4, -0.2) is 6.54 Å². The minimum atomic E-state index is 0. The van der Waals surface area contributed by atoms with Gasteiger partial charge in [0.05, 0.1) is 0 Å². The van der Waals surface area contributed by atoms with Gasteiger partial charge in [0.1, 0.15) is 12.4 Å². The van der Waals surface area contributed by atoms with Gasteiger partial charge < -0.3 is 10.1 Å². The first-order valence-electron chi connectivity index (χ1n) is 6.56. The number of hydrogen-bond donors (Lipinski definition) is 1. The van der Waals surface area contributed by atoms with Crippen molar-refractivity contribution in [3.63, 3.8) is 0 Å². The zero-order valence-corrected chi connectivity index (χ0v) is 13.3. The summed E-state index contributed by atoms with van der Waals surface area (Å²) in [6, 6.07) is 15.8. The zero-order valence-electron chi connectivity index (χ0n) is 11.7. The highest BCUT2D eigenvalue weighted by atomic mass is 35.5. The molecular formula is C17H19Cl2NO. The van der Waals surface area contributed by atoms with E-state index in [9.17, 15) is 0 Å². The molecular weight excluding hydrogens is 305 g/mol. The van der Waals surface area contributed by atoms with Gasteiger partial charge in [-0.1, -0.05) is 48.0 Å². The average Bonchev–Trinajstić information content (AvgIpc) is 2.47. The number of halogens is 2. The molecule has 0 aliphatic heterocycles. The highest BCUT2D eigenvalue weighted by Crippen LogP contribution is 2.19. The molecule has 0 aromatic heterocycles. The first kappa shape index (κ1) is 17.6. The maximum absolute atomic E-state index is 6.11. The molecule has 2 nitrogen and oxygen atoms in total. The van der Waals surface area contributed by atoms with Gasteiger partial charge in [0.2, 0.25) is 0 Å². The Morgan fingerprint density at radius 1 is 1.14 bits per heavy atom. The molecule has 4 heteroatoms. The quantitative estimate of drug-likeness (QED) is 0.593. The Kier molecular flexibility index (Phi) is 7.91. The molecule has 0 fully saturated rings. The smallest absolute Gasteiger partial charge is 0.120 e. The van der Waals surface area contributed by atoms with Crippen molar-refractivity contribution in [1.82, 2.24) is 5.32 Å². The fourth-order valence-corrected chi connectivity index (χ4v) is 2.03. The van der Waals surface area contributed by atoms with Gasteiger partial charge in [-0.3, -0.25) is 0 Å². The fraction of sp³-hybridized carbons (Fsp3) is 0.176. The van der Waals surface area contributed by atoms with Crippen LogP contribution in [0, 0.1) is 0 Å². The Balaban J connectivity index is 0.00000220. The van der Waals surface area contributed by atoms with Gasteiger partial charge in [0.15, 0.2) is 0 Å². The molecule has 0 atom stereocenters. The molecule has 112 valence electrons. The molecule has 21 heavy (non-hydrogen) atoms. The van der Waals surface area contributed by atoms with Gasteiger partial charge in [0.25, 0.3) is 0 Å². The average molecular weight is 324 g/mol. The fourth-order valence-electron chi connectivity index (χ4n) is 1.84. The Labute approximate surface area is 137 Å². The largest absolute Gasteiger partial charge is 0.489 e. The van der Waals surface area contributed by atoms with E-state index >= 15 is 0 Å². The number of hydrogen-bond acceptors (Lipinski definition) is 2. The predicted octanol–water partition coefficient (Wildman–Crippen LogP) is 4.62. The Bertz CT molecular complexity index is 572. The summed E-state index contributed by atoms with van der Waals surface area (Å²) < 4.78 is 5.79. The molecule has 2 aromatic carbocycles. The zero-order chi connectivity index (χ0) is 14.2. The van der Waals surface area contributed by atoms with Crippen LogP contribution in [0.3, 0.4) is 0 Å². The van der Waals surface area contributed by atoms with Gasteiger partial charge in [0, 0.05) is 23.7 Å². The molecule has 0 radical (unpaired) electrons. The summed E-state index contributed by atoms with van der Waals surface area (Å²) in [4.78, 5) is 0. The van der Waals surface area contributed by atoms with Crippen LogP contribution in [0.5, 0.6) is 5.75 Å². The third-order valence-corrected chi connectivity index (χ3v) is 3.24. The van der Waals surface area contributed by atoms with E-state index in [0.29, 0.717) is 6.61 Å². The maximum Gasteiger partial charge on any atom is 0.120 e. The van der Waals surface area contributed by atoms with Crippen molar-refractivity contribution in [3.05, 3.63) is 77.3 Å². The molecule has 1 N–H and O–H groups in total. The minimum absolute atomic E-state index is 0. The maximum atomic E-state index is 6.11. The van der Waals surface area contributed by atoms with Crippen LogP contribution < -0.4 is 10.1 Å². The first-order valence-corrected chi connectivity index (χ1v) is 6.94. The second kappa shape index (κ2) is 9.46. The molecule has 0 amide bonds. The van der Waals surface area contributed by atoms with Crippen LogP contribution in [0.2, 0.25) is 5.02 Å². The lowest BCUT2D eigenvalue weighted by Gasteiger charge is -2.09. The van der Waals surface area contributed by atoms with Crippen molar-refractivity contribution in [2.24, 2.45) is 0 Å². The highest BCUT2D eigenvalue weighted by molar-refractivity contribution is 6.31. The topological polar surface area (TPSA) is 21.3 Å². The summed E-state index contributed by atoms with van der Waals surface area (Å²) in [5.41, 5.74) is 2.17. The SMILES string of the molecule is C=CCNCc1cccc(OCc2ccccc2Cl)c1.Cl. The molecule has 0 spiro atoms. The summed E-state index contributed by atoms with van der Waals surface area (Å²) in [7, 11) is 0. The van der Waals surface area contributed by atoms with Crippen LogP contribution in [0.1, 0.15) is 11.1 Å². The van der Waals surface area contributed by atoms with Crippen molar-refractivity contribution >= 4 is 24.0 Å². The van der Waals surface area contributed by atoms with Gasteiger partial charge >= 0.3 is 0 Å². The highest BCUT2D eigenvalue weighted by Gasteiger charge is 2.01. The van der Waals surface area contributed by atoms with E-state index in [0.717, 1.165) is 29.4 Å². The summed E-state index contributed by atoms with van der Waals surface area (Å²) >= 11 is 6.11. The molecule has 0 heterocycles. The monoisotopic (exact) mass is 323 g/mol. The van der Waals surface area contributed by atoms with Crippen molar-refractivity contribution in [2.45, 2.75) is 13.2 Å². The summed E-state index contributed by atoms with van der Waals surface area (Å²) in [6.45, 7) is 5.75. The standard InChI is InChI=1S/C17H18ClNO.ClH/c1-2-10-19-12-14-6-5-8-16(11-14)20-13-15-7-3-4-9-17(15)18;/h2-9,11,19H,1,10,12-13H2;1H. The summed E-state index contributed by atoms with van der Waals surface area (Å²) in [6.07, 6.45) is 1.84. The van der Waals surface area contributed by atoms with E-state index in [4.69, 9.17) is 16.3 Å². The van der Waals surface area contributed by atoms with Crippen LogP contribution in [0.25, 0.3) is 0 Å². The molecule has 0 aliphatic rings. The van der Waals surface area contributed by atoms with Gasteiger partial charge in [-0.25, -0.2) is 0 Å². The molecule has 0 saturated carbocycles. The minimum Gasteiger partial charge on any atom is -0.489 e. The molecule has 2 rings (SSSR count). The lowest BCUT2D eigenvalue weighted by Crippen LogP contribution is -2.12. The third-order valence-electron chi connectivity index (χ3n) is 2.87. The molecule has 0 aliphatic carbocycles. The molecule has 0 bridgehead atoms. The number of nitrogens with one attached hydrogen (secondary N) is 1. The number of rotatable bonds is 7. The van der Waals surface area contributed by atoms with Crippen molar-refractivity contribution < 1.29 is 4.74 Å². The van der Waals surface area contributed by atoms with Crippen molar-refractivity contribution in [3.8, 4) is 5.75 Å². The summed E-state index contributed by atoms with van der Waals surface area (Å²) in [5, 5.41) is 4.00. The third kappa shape index (κ3) is 5.80. The van der Waals surface area contributed by atoms with E-state index in [-0.39, 0.29) is 12.4 Å². The van der Waals surface area contributed by atoms with Crippen LogP contribution in [0.15, 0.2) is 61.2 Å². The van der Waals surface area contributed by atoms with Crippen LogP contribution in [0.4, 0.5) is 0 Å². The summed E-state index contributed by atoms with van der Waals surface area (Å²) in [5.74, 6) is 0.850. The van der Waals surface area contributed by atoms with E-state index in [2.05, 4.69) is 18.0 Å². The second-order valence-corrected chi connectivity index (χ2v) is 4.85. The van der Waals surface area contributed by atoms with Crippen molar-refractivity contribution in [2.75, 3.05) is 6.54 Å². The Morgan fingerprint density at radius 2 is 1.95 bits per heavy atom.